The average Bonchev–Trinajstić information content (AvgIpc) is 3.22. The van der Waals surface area contributed by atoms with E-state index in [9.17, 15) is 9.18 Å². The quantitative estimate of drug-likeness (QED) is 0.663. The number of carbonyl (C=O) groups excluding carboxylic acids is 1. The van der Waals surface area contributed by atoms with E-state index in [0.29, 0.717) is 56.4 Å². The van der Waals surface area contributed by atoms with Crippen molar-refractivity contribution >= 4 is 11.6 Å². The maximum Gasteiger partial charge on any atom is 0.227 e. The lowest BCUT2D eigenvalue weighted by atomic mass is 10.1. The van der Waals surface area contributed by atoms with Crippen molar-refractivity contribution in [2.75, 3.05) is 31.1 Å². The topological polar surface area (TPSA) is 62.5 Å². The molecule has 0 radical (unpaired) electrons. The number of aromatic nitrogens is 2. The Morgan fingerprint density at radius 2 is 1.79 bits per heavy atom. The smallest absolute Gasteiger partial charge is 0.227 e. The largest absolute Gasteiger partial charge is 0.366 e. The zero-order valence-electron chi connectivity index (χ0n) is 16.3. The zero-order chi connectivity index (χ0) is 20.2. The molecule has 3 aromatic rings. The van der Waals surface area contributed by atoms with Crippen LogP contribution in [0, 0.1) is 12.7 Å². The summed E-state index contributed by atoms with van der Waals surface area (Å²) < 4.78 is 19.3. The van der Waals surface area contributed by atoms with E-state index in [2.05, 4.69) is 10.1 Å². The van der Waals surface area contributed by atoms with E-state index in [1.54, 1.807) is 12.1 Å². The van der Waals surface area contributed by atoms with Crippen molar-refractivity contribution in [3.63, 3.8) is 0 Å². The maximum atomic E-state index is 13.9. The Kier molecular flexibility index (Phi) is 5.55. The van der Waals surface area contributed by atoms with Gasteiger partial charge in [-0.2, -0.15) is 4.98 Å². The normalized spacial score (nSPS) is 14.3. The third kappa shape index (κ3) is 4.29. The van der Waals surface area contributed by atoms with Crippen LogP contribution in [0.15, 0.2) is 53.1 Å². The first-order valence-corrected chi connectivity index (χ1v) is 9.77. The van der Waals surface area contributed by atoms with Gasteiger partial charge in [-0.05, 0) is 24.6 Å². The fourth-order valence-electron chi connectivity index (χ4n) is 3.57. The monoisotopic (exact) mass is 394 g/mol. The second-order valence-corrected chi connectivity index (χ2v) is 7.15. The molecule has 1 amide bonds. The van der Waals surface area contributed by atoms with Crippen LogP contribution >= 0.6 is 0 Å². The van der Waals surface area contributed by atoms with Gasteiger partial charge in [0.05, 0.1) is 5.69 Å². The number of anilines is 1. The molecule has 0 saturated carbocycles. The molecule has 4 rings (SSSR count). The molecule has 0 aliphatic carbocycles. The minimum Gasteiger partial charge on any atom is -0.366 e. The molecular weight excluding hydrogens is 371 g/mol. The SMILES string of the molecule is Cc1ccccc1-c1noc(CCC(=O)N2CCN(c3ccccc3F)CC2)n1. The Labute approximate surface area is 168 Å². The number of rotatable bonds is 5. The molecule has 1 aliphatic rings. The van der Waals surface area contributed by atoms with Crippen LogP contribution in [0.4, 0.5) is 10.1 Å². The van der Waals surface area contributed by atoms with Crippen molar-refractivity contribution in [3.8, 4) is 11.4 Å². The number of amides is 1. The number of nitrogens with zero attached hydrogens (tertiary/aromatic N) is 4. The third-order valence-corrected chi connectivity index (χ3v) is 5.23. The van der Waals surface area contributed by atoms with Crippen LogP contribution in [0.5, 0.6) is 0 Å². The van der Waals surface area contributed by atoms with Gasteiger partial charge in [0, 0.05) is 44.6 Å². The molecule has 1 aliphatic heterocycles. The molecule has 0 spiro atoms. The van der Waals surface area contributed by atoms with Crippen molar-refractivity contribution in [2.45, 2.75) is 19.8 Å². The molecular formula is C22H23FN4O2. The highest BCUT2D eigenvalue weighted by atomic mass is 19.1. The molecule has 1 fully saturated rings. The molecule has 7 heteroatoms. The number of halogens is 1. The number of aryl methyl sites for hydroxylation is 2. The molecule has 0 N–H and O–H groups in total. The van der Waals surface area contributed by atoms with Crippen molar-refractivity contribution in [1.82, 2.24) is 15.0 Å². The van der Waals surface area contributed by atoms with Gasteiger partial charge < -0.3 is 14.3 Å². The van der Waals surface area contributed by atoms with Crippen LogP contribution in [0.25, 0.3) is 11.4 Å². The molecule has 1 saturated heterocycles. The highest BCUT2D eigenvalue weighted by Gasteiger charge is 2.23. The van der Waals surface area contributed by atoms with Crippen LogP contribution in [0.1, 0.15) is 17.9 Å². The minimum atomic E-state index is -0.229. The van der Waals surface area contributed by atoms with Crippen LogP contribution < -0.4 is 4.90 Å². The van der Waals surface area contributed by atoms with E-state index in [0.717, 1.165) is 11.1 Å². The number of piperazine rings is 1. The molecule has 2 heterocycles. The Balaban J connectivity index is 1.30. The average molecular weight is 394 g/mol. The van der Waals surface area contributed by atoms with Crippen molar-refractivity contribution < 1.29 is 13.7 Å². The third-order valence-electron chi connectivity index (χ3n) is 5.23. The van der Waals surface area contributed by atoms with Crippen LogP contribution in [-0.4, -0.2) is 47.1 Å². The summed E-state index contributed by atoms with van der Waals surface area (Å²) in [4.78, 5) is 20.8. The van der Waals surface area contributed by atoms with Gasteiger partial charge in [0.25, 0.3) is 0 Å². The number of hydrogen-bond donors (Lipinski definition) is 0. The van der Waals surface area contributed by atoms with Crippen molar-refractivity contribution in [3.05, 3.63) is 65.8 Å². The Morgan fingerprint density at radius 3 is 2.55 bits per heavy atom. The molecule has 1 aromatic heterocycles. The van der Waals surface area contributed by atoms with Crippen LogP contribution in [0.3, 0.4) is 0 Å². The summed E-state index contributed by atoms with van der Waals surface area (Å²) in [6, 6.07) is 14.6. The van der Waals surface area contributed by atoms with Crippen LogP contribution in [-0.2, 0) is 11.2 Å². The van der Waals surface area contributed by atoms with E-state index in [1.165, 1.54) is 6.07 Å². The molecule has 0 unspecified atom stereocenters. The Morgan fingerprint density at radius 1 is 1.07 bits per heavy atom. The molecule has 2 aromatic carbocycles. The lowest BCUT2D eigenvalue weighted by Crippen LogP contribution is -2.49. The Bertz CT molecular complexity index is 996. The van der Waals surface area contributed by atoms with Gasteiger partial charge in [-0.3, -0.25) is 4.79 Å². The zero-order valence-corrected chi connectivity index (χ0v) is 16.3. The van der Waals surface area contributed by atoms with Gasteiger partial charge >= 0.3 is 0 Å². The summed E-state index contributed by atoms with van der Waals surface area (Å²) in [5.41, 5.74) is 2.59. The molecule has 6 nitrogen and oxygen atoms in total. The Hall–Kier alpha value is -3.22. The number of hydrogen-bond acceptors (Lipinski definition) is 5. The van der Waals surface area contributed by atoms with Crippen LogP contribution in [0.2, 0.25) is 0 Å². The molecule has 29 heavy (non-hydrogen) atoms. The summed E-state index contributed by atoms with van der Waals surface area (Å²) in [5, 5.41) is 4.04. The number of carbonyl (C=O) groups is 1. The van der Waals surface area contributed by atoms with E-state index >= 15 is 0 Å². The predicted molar refractivity (Wildman–Crippen MR) is 108 cm³/mol. The lowest BCUT2D eigenvalue weighted by molar-refractivity contribution is -0.131. The summed E-state index contributed by atoms with van der Waals surface area (Å²) >= 11 is 0. The van der Waals surface area contributed by atoms with E-state index in [1.807, 2.05) is 47.1 Å². The minimum absolute atomic E-state index is 0.0498. The first-order chi connectivity index (χ1) is 14.1. The summed E-state index contributed by atoms with van der Waals surface area (Å²) in [7, 11) is 0. The highest BCUT2D eigenvalue weighted by molar-refractivity contribution is 5.76. The van der Waals surface area contributed by atoms with Gasteiger partial charge in [0.1, 0.15) is 5.82 Å². The van der Waals surface area contributed by atoms with E-state index < -0.39 is 0 Å². The fourth-order valence-corrected chi connectivity index (χ4v) is 3.57. The van der Waals surface area contributed by atoms with Gasteiger partial charge in [-0.25, -0.2) is 4.39 Å². The fraction of sp³-hybridized carbons (Fsp3) is 0.318. The molecule has 0 bridgehead atoms. The van der Waals surface area contributed by atoms with Gasteiger partial charge in [0.2, 0.25) is 17.6 Å². The second-order valence-electron chi connectivity index (χ2n) is 7.15. The van der Waals surface area contributed by atoms with Gasteiger partial charge in [0.15, 0.2) is 0 Å². The van der Waals surface area contributed by atoms with Gasteiger partial charge in [-0.15, -0.1) is 0 Å². The molecule has 0 atom stereocenters. The molecule has 150 valence electrons. The van der Waals surface area contributed by atoms with E-state index in [-0.39, 0.29) is 11.7 Å². The number of para-hydroxylation sites is 1. The predicted octanol–water partition coefficient (Wildman–Crippen LogP) is 3.47. The van der Waals surface area contributed by atoms with Gasteiger partial charge in [-0.1, -0.05) is 41.6 Å². The number of benzene rings is 2. The van der Waals surface area contributed by atoms with E-state index in [4.69, 9.17) is 4.52 Å². The standard InChI is InChI=1S/C22H23FN4O2/c1-16-6-2-3-7-17(16)22-24-20(29-25-22)10-11-21(28)27-14-12-26(13-15-27)19-9-5-4-8-18(19)23/h2-9H,10-15H2,1H3. The first kappa shape index (κ1) is 19.1. The van der Waals surface area contributed by atoms with Crippen molar-refractivity contribution in [2.24, 2.45) is 0 Å². The summed E-state index contributed by atoms with van der Waals surface area (Å²) in [6.45, 7) is 4.38. The maximum absolute atomic E-state index is 13.9. The summed E-state index contributed by atoms with van der Waals surface area (Å²) in [5.74, 6) is 0.826. The van der Waals surface area contributed by atoms with Crippen molar-refractivity contribution in [1.29, 1.82) is 0 Å². The summed E-state index contributed by atoms with van der Waals surface area (Å²) in [6.07, 6.45) is 0.723. The first-order valence-electron chi connectivity index (χ1n) is 9.77. The highest BCUT2D eigenvalue weighted by Crippen LogP contribution is 2.22. The lowest BCUT2D eigenvalue weighted by Gasteiger charge is -2.36. The second kappa shape index (κ2) is 8.43.